The number of likely N-dealkylation sites (tertiary alicyclic amines) is 1. The van der Waals surface area contributed by atoms with Crippen molar-refractivity contribution in [2.75, 3.05) is 18.4 Å². The van der Waals surface area contributed by atoms with E-state index in [2.05, 4.69) is 22.3 Å². The summed E-state index contributed by atoms with van der Waals surface area (Å²) >= 11 is 0. The number of anilines is 1. The molecule has 5 rings (SSSR count). The number of nitrogens with zero attached hydrogens (tertiary/aromatic N) is 4. The van der Waals surface area contributed by atoms with Gasteiger partial charge in [-0.25, -0.2) is 0 Å². The lowest BCUT2D eigenvalue weighted by molar-refractivity contribution is -0.132. The number of rotatable bonds is 7. The number of allylic oxidation sites excluding steroid dienone is 1. The van der Waals surface area contributed by atoms with Crippen molar-refractivity contribution in [3.63, 3.8) is 0 Å². The number of hydrogen-bond acceptors (Lipinski definition) is 6. The van der Waals surface area contributed by atoms with Crippen LogP contribution < -0.4 is 10.6 Å². The number of hydrogen-bond donors (Lipinski definition) is 2. The van der Waals surface area contributed by atoms with Crippen LogP contribution >= 0.6 is 0 Å². The van der Waals surface area contributed by atoms with Crippen LogP contribution in [0.4, 0.5) is 5.69 Å². The Morgan fingerprint density at radius 1 is 1.16 bits per heavy atom. The summed E-state index contributed by atoms with van der Waals surface area (Å²) in [4.78, 5) is 54.0. The van der Waals surface area contributed by atoms with Crippen LogP contribution in [0.25, 0.3) is 0 Å². The Hall–Kier alpha value is -3.95. The van der Waals surface area contributed by atoms with Gasteiger partial charge in [-0.3, -0.25) is 28.8 Å². The second-order valence-electron chi connectivity index (χ2n) is 9.90. The highest BCUT2D eigenvalue weighted by atomic mass is 16.2. The lowest BCUT2D eigenvalue weighted by atomic mass is 10.0. The molecule has 3 aliphatic heterocycles. The average molecular weight is 505 g/mol. The molecule has 194 valence electrons. The molecule has 2 fully saturated rings. The van der Waals surface area contributed by atoms with Gasteiger partial charge < -0.3 is 15.5 Å². The summed E-state index contributed by atoms with van der Waals surface area (Å²) in [7, 11) is 0. The van der Waals surface area contributed by atoms with E-state index in [1.165, 1.54) is 0 Å². The zero-order valence-electron chi connectivity index (χ0n) is 21.0. The van der Waals surface area contributed by atoms with Crippen LogP contribution in [0.5, 0.6) is 0 Å². The summed E-state index contributed by atoms with van der Waals surface area (Å²) in [6.07, 6.45) is 7.86. The molecule has 3 aliphatic rings. The van der Waals surface area contributed by atoms with E-state index in [9.17, 15) is 19.2 Å². The summed E-state index contributed by atoms with van der Waals surface area (Å²) in [6, 6.07) is 4.52. The van der Waals surface area contributed by atoms with Crippen molar-refractivity contribution in [1.82, 2.24) is 24.9 Å². The maximum absolute atomic E-state index is 13.3. The fourth-order valence-corrected chi connectivity index (χ4v) is 5.36. The summed E-state index contributed by atoms with van der Waals surface area (Å²) in [5.74, 6) is -1.07. The molecule has 2 N–H and O–H groups in total. The van der Waals surface area contributed by atoms with Crippen molar-refractivity contribution in [2.24, 2.45) is 0 Å². The Kier molecular flexibility index (Phi) is 6.82. The predicted octanol–water partition coefficient (Wildman–Crippen LogP) is 2.85. The van der Waals surface area contributed by atoms with E-state index < -0.39 is 17.9 Å². The molecule has 1 aromatic carbocycles. The van der Waals surface area contributed by atoms with Gasteiger partial charge in [-0.1, -0.05) is 19.6 Å². The molecular weight excluding hydrogens is 472 g/mol. The van der Waals surface area contributed by atoms with Gasteiger partial charge in [-0.15, -0.1) is 0 Å². The molecule has 37 heavy (non-hydrogen) atoms. The second-order valence-corrected chi connectivity index (χ2v) is 9.90. The third-order valence-electron chi connectivity index (χ3n) is 7.37. The normalized spacial score (nSPS) is 20.3. The molecule has 1 atom stereocenters. The first-order valence-electron chi connectivity index (χ1n) is 12.9. The summed E-state index contributed by atoms with van der Waals surface area (Å²) in [6.45, 7) is 7.70. The van der Waals surface area contributed by atoms with Crippen LogP contribution in [0.15, 0.2) is 42.9 Å². The Morgan fingerprint density at radius 2 is 1.95 bits per heavy atom. The van der Waals surface area contributed by atoms with Crippen LogP contribution in [0.1, 0.15) is 77.8 Å². The molecular formula is C27H32N6O4. The van der Waals surface area contributed by atoms with Crippen LogP contribution in [0, 0.1) is 0 Å². The SMILES string of the molecule is C=C1CCC(N2C(=O)c3cccc(NCc4cnn(C5CCN(C(=O)CCC)CC5)c4)c3C2=O)C(=O)N1. The van der Waals surface area contributed by atoms with E-state index in [1.807, 2.05) is 22.7 Å². The first-order chi connectivity index (χ1) is 17.9. The number of fused-ring (bicyclic) bond motifs is 1. The van der Waals surface area contributed by atoms with E-state index in [-0.39, 0.29) is 17.9 Å². The van der Waals surface area contributed by atoms with Crippen LogP contribution in [-0.4, -0.2) is 62.3 Å². The van der Waals surface area contributed by atoms with Crippen molar-refractivity contribution in [3.8, 4) is 0 Å². The molecule has 0 saturated carbocycles. The zero-order valence-corrected chi connectivity index (χ0v) is 21.0. The van der Waals surface area contributed by atoms with Gasteiger partial charge in [0.2, 0.25) is 11.8 Å². The number of amides is 4. The average Bonchev–Trinajstić information content (AvgIpc) is 3.47. The highest BCUT2D eigenvalue weighted by molar-refractivity contribution is 6.25. The van der Waals surface area contributed by atoms with Crippen LogP contribution in [-0.2, 0) is 16.1 Å². The molecule has 4 heterocycles. The maximum atomic E-state index is 13.3. The van der Waals surface area contributed by atoms with Gasteiger partial charge in [-0.05, 0) is 44.2 Å². The summed E-state index contributed by atoms with van der Waals surface area (Å²) < 4.78 is 1.96. The number of benzene rings is 1. The van der Waals surface area contributed by atoms with Crippen molar-refractivity contribution >= 4 is 29.3 Å². The standard InChI is InChI=1S/C27H32N6O4/c1-3-5-23(34)31-12-10-19(11-13-31)32-16-18(15-29-32)14-28-21-7-4-6-20-24(21)27(37)33(26(20)36)22-9-8-17(2)30-25(22)35/h4,6-7,15-16,19,22,28H,2-3,5,8-14H2,1H3,(H,30,35). The monoisotopic (exact) mass is 504 g/mol. The Bertz CT molecular complexity index is 1260. The quantitative estimate of drug-likeness (QED) is 0.560. The van der Waals surface area contributed by atoms with E-state index in [1.54, 1.807) is 24.4 Å². The molecule has 2 aromatic rings. The molecule has 0 aliphatic carbocycles. The fraction of sp³-hybridized carbons (Fsp3) is 0.444. The van der Waals surface area contributed by atoms with Crippen LogP contribution in [0.3, 0.4) is 0 Å². The molecule has 1 aromatic heterocycles. The zero-order chi connectivity index (χ0) is 26.1. The van der Waals surface area contributed by atoms with Crippen LogP contribution in [0.2, 0.25) is 0 Å². The van der Waals surface area contributed by atoms with E-state index in [0.29, 0.717) is 48.3 Å². The molecule has 0 radical (unpaired) electrons. The third-order valence-corrected chi connectivity index (χ3v) is 7.37. The maximum Gasteiger partial charge on any atom is 0.264 e. The Labute approximate surface area is 215 Å². The number of nitrogens with one attached hydrogen (secondary N) is 2. The van der Waals surface area contributed by atoms with Crippen molar-refractivity contribution < 1.29 is 19.2 Å². The Morgan fingerprint density at radius 3 is 2.68 bits per heavy atom. The first kappa shape index (κ1) is 24.7. The highest BCUT2D eigenvalue weighted by Crippen LogP contribution is 2.33. The molecule has 10 nitrogen and oxygen atoms in total. The van der Waals surface area contributed by atoms with Gasteiger partial charge in [0.05, 0.1) is 23.4 Å². The minimum atomic E-state index is -0.840. The second kappa shape index (κ2) is 10.2. The number of piperidine rings is 2. The van der Waals surface area contributed by atoms with Gasteiger partial charge in [-0.2, -0.15) is 5.10 Å². The van der Waals surface area contributed by atoms with E-state index >= 15 is 0 Å². The minimum Gasteiger partial charge on any atom is -0.380 e. The number of imide groups is 1. The van der Waals surface area contributed by atoms with Gasteiger partial charge in [0.1, 0.15) is 6.04 Å². The van der Waals surface area contributed by atoms with Crippen molar-refractivity contribution in [1.29, 1.82) is 0 Å². The largest absolute Gasteiger partial charge is 0.380 e. The summed E-state index contributed by atoms with van der Waals surface area (Å²) in [5, 5.41) is 10.5. The fourth-order valence-electron chi connectivity index (χ4n) is 5.36. The van der Waals surface area contributed by atoms with Gasteiger partial charge >= 0.3 is 0 Å². The lowest BCUT2D eigenvalue weighted by Gasteiger charge is -2.32. The lowest BCUT2D eigenvalue weighted by Crippen LogP contribution is -2.51. The summed E-state index contributed by atoms with van der Waals surface area (Å²) in [5.41, 5.74) is 2.68. The number of aromatic nitrogens is 2. The number of carbonyl (C=O) groups is 4. The smallest absolute Gasteiger partial charge is 0.264 e. The van der Waals surface area contributed by atoms with Gasteiger partial charge in [0.15, 0.2) is 0 Å². The molecule has 10 heteroatoms. The van der Waals surface area contributed by atoms with Crippen molar-refractivity contribution in [3.05, 3.63) is 59.6 Å². The topological polar surface area (TPSA) is 117 Å². The molecule has 1 unspecified atom stereocenters. The Balaban J connectivity index is 1.24. The first-order valence-corrected chi connectivity index (χ1v) is 12.9. The molecule has 2 saturated heterocycles. The predicted molar refractivity (Wildman–Crippen MR) is 137 cm³/mol. The van der Waals surface area contributed by atoms with E-state index in [0.717, 1.165) is 42.8 Å². The van der Waals surface area contributed by atoms with Crippen molar-refractivity contribution in [2.45, 2.75) is 64.1 Å². The van der Waals surface area contributed by atoms with Gasteiger partial charge in [0.25, 0.3) is 11.8 Å². The van der Waals surface area contributed by atoms with Gasteiger partial charge in [0, 0.05) is 49.2 Å². The number of carbonyl (C=O) groups excluding carboxylic acids is 4. The molecule has 0 bridgehead atoms. The third kappa shape index (κ3) is 4.75. The van der Waals surface area contributed by atoms with E-state index in [4.69, 9.17) is 0 Å². The highest BCUT2D eigenvalue weighted by Gasteiger charge is 2.45. The molecule has 4 amide bonds. The minimum absolute atomic E-state index is 0.225. The molecule has 0 spiro atoms.